The van der Waals surface area contributed by atoms with Crippen molar-refractivity contribution in [2.24, 2.45) is 5.92 Å². The fraction of sp³-hybridized carbons (Fsp3) is 0.545. The molecule has 1 atom stereocenters. The minimum atomic E-state index is -0.292. The van der Waals surface area contributed by atoms with E-state index in [1.54, 1.807) is 6.07 Å². The second-order valence-corrected chi connectivity index (χ2v) is 4.96. The first-order chi connectivity index (χ1) is 8.60. The van der Waals surface area contributed by atoms with Crippen LogP contribution in [0.5, 0.6) is 0 Å². The Hall–Kier alpha value is -1.56. The lowest BCUT2D eigenvalue weighted by Crippen LogP contribution is -2.24. The first-order valence-corrected chi connectivity index (χ1v) is 6.39. The molecule has 0 bridgehead atoms. The lowest BCUT2D eigenvalue weighted by Gasteiger charge is -2.18. The topological polar surface area (TPSA) is 75.1 Å². The Balaban J connectivity index is 2.18. The van der Waals surface area contributed by atoms with Gasteiger partial charge in [-0.05, 0) is 12.3 Å². The van der Waals surface area contributed by atoms with Crippen LogP contribution in [0.1, 0.15) is 20.3 Å². The molecule has 2 heterocycles. The van der Waals surface area contributed by atoms with Crippen LogP contribution < -0.4 is 11.0 Å². The van der Waals surface area contributed by atoms with Gasteiger partial charge in [-0.2, -0.15) is 5.10 Å². The van der Waals surface area contributed by atoms with Gasteiger partial charge in [0, 0.05) is 18.0 Å². The monoisotopic (exact) mass is 269 g/mol. The molecule has 0 spiro atoms. The summed E-state index contributed by atoms with van der Waals surface area (Å²) in [7, 11) is 0. The number of hydrogen-bond donors (Lipinski definition) is 2. The lowest BCUT2D eigenvalue weighted by molar-refractivity contribution is 0.541. The molecule has 7 heteroatoms. The van der Waals surface area contributed by atoms with E-state index in [-0.39, 0.29) is 11.7 Å². The molecule has 6 nitrogen and oxygen atoms in total. The molecular formula is C11H16ClN5O. The van der Waals surface area contributed by atoms with Crippen molar-refractivity contribution in [2.45, 2.75) is 26.3 Å². The smallest absolute Gasteiger partial charge is 0.348 e. The third-order valence-corrected chi connectivity index (χ3v) is 2.98. The van der Waals surface area contributed by atoms with Crippen molar-refractivity contribution in [1.82, 2.24) is 19.6 Å². The zero-order chi connectivity index (χ0) is 13.1. The van der Waals surface area contributed by atoms with Gasteiger partial charge in [0.15, 0.2) is 5.65 Å². The Morgan fingerprint density at radius 3 is 3.00 bits per heavy atom. The highest BCUT2D eigenvalue weighted by Gasteiger charge is 2.11. The minimum Gasteiger partial charge on any atom is -0.366 e. The summed E-state index contributed by atoms with van der Waals surface area (Å²) in [5, 5.41) is 9.50. The van der Waals surface area contributed by atoms with Crippen LogP contribution in [0, 0.1) is 5.92 Å². The number of aromatic amines is 1. The standard InChI is InChI=1S/C11H16ClN5O/c1-7(2)3-8(5-12)14-9-4-10-15-16-11(18)17(10)6-13-9/h4,6-8,14H,3,5H2,1-2H3,(H,16,18). The summed E-state index contributed by atoms with van der Waals surface area (Å²) in [6.07, 6.45) is 2.41. The third-order valence-electron chi connectivity index (χ3n) is 2.60. The fourth-order valence-corrected chi connectivity index (χ4v) is 2.03. The predicted octanol–water partition coefficient (Wildman–Crippen LogP) is 1.48. The number of nitrogens with zero attached hydrogens (tertiary/aromatic N) is 3. The predicted molar refractivity (Wildman–Crippen MR) is 71.2 cm³/mol. The Labute approximate surface area is 109 Å². The van der Waals surface area contributed by atoms with Crippen LogP contribution in [0.3, 0.4) is 0 Å². The maximum absolute atomic E-state index is 11.3. The van der Waals surface area contributed by atoms with Gasteiger partial charge < -0.3 is 5.32 Å². The highest BCUT2D eigenvalue weighted by atomic mass is 35.5. The van der Waals surface area contributed by atoms with Gasteiger partial charge in [0.1, 0.15) is 12.1 Å². The molecule has 0 saturated carbocycles. The molecule has 98 valence electrons. The molecule has 2 rings (SSSR count). The highest BCUT2D eigenvalue weighted by molar-refractivity contribution is 6.18. The number of halogens is 1. The van der Waals surface area contributed by atoms with Gasteiger partial charge in [0.05, 0.1) is 0 Å². The second-order valence-electron chi connectivity index (χ2n) is 4.66. The van der Waals surface area contributed by atoms with E-state index in [1.165, 1.54) is 10.7 Å². The minimum absolute atomic E-state index is 0.160. The summed E-state index contributed by atoms with van der Waals surface area (Å²) in [4.78, 5) is 15.4. The van der Waals surface area contributed by atoms with Gasteiger partial charge in [0.2, 0.25) is 0 Å². The average Bonchev–Trinajstić information content (AvgIpc) is 2.69. The average molecular weight is 270 g/mol. The zero-order valence-corrected chi connectivity index (χ0v) is 11.1. The van der Waals surface area contributed by atoms with E-state index >= 15 is 0 Å². The molecule has 0 aromatic carbocycles. The van der Waals surface area contributed by atoms with Crippen LogP contribution in [0.2, 0.25) is 0 Å². The van der Waals surface area contributed by atoms with Crippen LogP contribution in [-0.4, -0.2) is 31.5 Å². The van der Waals surface area contributed by atoms with Crippen LogP contribution in [0.4, 0.5) is 5.82 Å². The number of rotatable bonds is 5. The number of alkyl halides is 1. The molecule has 0 aliphatic carbocycles. The maximum Gasteiger partial charge on any atom is 0.348 e. The first kappa shape index (κ1) is 12.9. The SMILES string of the molecule is CC(C)CC(CCl)Nc1cc2n[nH]c(=O)n2cn1. The van der Waals surface area contributed by atoms with E-state index in [2.05, 4.69) is 34.3 Å². The number of hydrogen-bond acceptors (Lipinski definition) is 4. The summed E-state index contributed by atoms with van der Waals surface area (Å²) in [5.41, 5.74) is 0.246. The molecule has 0 saturated heterocycles. The largest absolute Gasteiger partial charge is 0.366 e. The molecule has 2 aromatic heterocycles. The number of aromatic nitrogens is 4. The van der Waals surface area contributed by atoms with E-state index in [1.807, 2.05) is 0 Å². The summed E-state index contributed by atoms with van der Waals surface area (Å²) in [5.74, 6) is 1.74. The summed E-state index contributed by atoms with van der Waals surface area (Å²) >= 11 is 5.92. The van der Waals surface area contributed by atoms with Crippen LogP contribution in [0.25, 0.3) is 5.65 Å². The highest BCUT2D eigenvalue weighted by Crippen LogP contribution is 2.12. The first-order valence-electron chi connectivity index (χ1n) is 5.85. The summed E-state index contributed by atoms with van der Waals surface area (Å²) in [6, 6.07) is 1.88. The molecular weight excluding hydrogens is 254 g/mol. The lowest BCUT2D eigenvalue weighted by atomic mass is 10.1. The number of H-pyrrole nitrogens is 1. The normalized spacial score (nSPS) is 13.1. The summed E-state index contributed by atoms with van der Waals surface area (Å²) < 4.78 is 1.35. The van der Waals surface area contributed by atoms with Crippen LogP contribution >= 0.6 is 11.6 Å². The number of anilines is 1. The van der Waals surface area contributed by atoms with Crippen molar-refractivity contribution >= 4 is 23.1 Å². The van der Waals surface area contributed by atoms with Crippen LogP contribution in [0.15, 0.2) is 17.2 Å². The van der Waals surface area contributed by atoms with E-state index in [4.69, 9.17) is 11.6 Å². The van der Waals surface area contributed by atoms with Gasteiger partial charge in [0.25, 0.3) is 0 Å². The van der Waals surface area contributed by atoms with Crippen molar-refractivity contribution in [3.8, 4) is 0 Å². The summed E-state index contributed by atoms with van der Waals surface area (Å²) in [6.45, 7) is 4.29. The van der Waals surface area contributed by atoms with Crippen molar-refractivity contribution in [1.29, 1.82) is 0 Å². The molecule has 0 amide bonds. The van der Waals surface area contributed by atoms with Crippen molar-refractivity contribution < 1.29 is 0 Å². The maximum atomic E-state index is 11.3. The quantitative estimate of drug-likeness (QED) is 0.807. The van der Waals surface area contributed by atoms with E-state index in [0.717, 1.165) is 6.42 Å². The molecule has 18 heavy (non-hydrogen) atoms. The fourth-order valence-electron chi connectivity index (χ4n) is 1.83. The van der Waals surface area contributed by atoms with E-state index < -0.39 is 0 Å². The van der Waals surface area contributed by atoms with Gasteiger partial charge in [-0.15, -0.1) is 11.6 Å². The zero-order valence-electron chi connectivity index (χ0n) is 10.4. The van der Waals surface area contributed by atoms with Gasteiger partial charge >= 0.3 is 5.69 Å². The van der Waals surface area contributed by atoms with Crippen molar-refractivity contribution in [3.05, 3.63) is 22.9 Å². The van der Waals surface area contributed by atoms with Crippen molar-refractivity contribution in [2.75, 3.05) is 11.2 Å². The van der Waals surface area contributed by atoms with Crippen LogP contribution in [-0.2, 0) is 0 Å². The Morgan fingerprint density at radius 2 is 2.33 bits per heavy atom. The molecule has 2 aromatic rings. The molecule has 0 fully saturated rings. The molecule has 0 aliphatic heterocycles. The molecule has 0 radical (unpaired) electrons. The number of nitrogens with one attached hydrogen (secondary N) is 2. The Kier molecular flexibility index (Phi) is 3.86. The third kappa shape index (κ3) is 2.81. The van der Waals surface area contributed by atoms with E-state index in [9.17, 15) is 4.79 Å². The second kappa shape index (κ2) is 5.39. The van der Waals surface area contributed by atoms with E-state index in [0.29, 0.717) is 23.3 Å². The van der Waals surface area contributed by atoms with Gasteiger partial charge in [-0.1, -0.05) is 13.8 Å². The Morgan fingerprint density at radius 1 is 1.56 bits per heavy atom. The molecule has 1 unspecified atom stereocenters. The Bertz CT molecular complexity index is 576. The van der Waals surface area contributed by atoms with Gasteiger partial charge in [-0.25, -0.2) is 19.3 Å². The molecule has 0 aliphatic rings. The van der Waals surface area contributed by atoms with Gasteiger partial charge in [-0.3, -0.25) is 0 Å². The number of fused-ring (bicyclic) bond motifs is 1. The van der Waals surface area contributed by atoms with Crippen molar-refractivity contribution in [3.63, 3.8) is 0 Å². The molecule has 2 N–H and O–H groups in total.